The molecule has 0 amide bonds. The lowest BCUT2D eigenvalue weighted by molar-refractivity contribution is 0.184. The van der Waals surface area contributed by atoms with Gasteiger partial charge in [0.1, 0.15) is 5.01 Å². The van der Waals surface area contributed by atoms with Crippen LogP contribution in [0.25, 0.3) is 0 Å². The van der Waals surface area contributed by atoms with Crippen molar-refractivity contribution in [2.24, 2.45) is 0 Å². The Morgan fingerprint density at radius 2 is 2.64 bits per heavy atom. The Labute approximate surface area is 69.3 Å². The summed E-state index contributed by atoms with van der Waals surface area (Å²) in [6.45, 7) is 0.538. The standard InChI is InChI=1S/C7H8N2OS/c1-10-5-7-9-4-6(11-7)2-3-8/h4H,2,5H2,1H3. The van der Waals surface area contributed by atoms with Crippen molar-refractivity contribution in [3.05, 3.63) is 16.1 Å². The summed E-state index contributed by atoms with van der Waals surface area (Å²) in [4.78, 5) is 5.07. The summed E-state index contributed by atoms with van der Waals surface area (Å²) >= 11 is 1.52. The smallest absolute Gasteiger partial charge is 0.119 e. The molecule has 1 rings (SSSR count). The number of rotatable bonds is 3. The van der Waals surface area contributed by atoms with Crippen LogP contribution in [-0.4, -0.2) is 12.1 Å². The van der Waals surface area contributed by atoms with Crippen LogP contribution in [-0.2, 0) is 17.8 Å². The zero-order valence-electron chi connectivity index (χ0n) is 6.20. The number of thiazole rings is 1. The molecule has 4 heteroatoms. The highest BCUT2D eigenvalue weighted by atomic mass is 32.1. The van der Waals surface area contributed by atoms with Gasteiger partial charge in [-0.3, -0.25) is 0 Å². The molecule has 0 spiro atoms. The summed E-state index contributed by atoms with van der Waals surface area (Å²) in [6.07, 6.45) is 2.17. The van der Waals surface area contributed by atoms with Crippen LogP contribution in [0.2, 0.25) is 0 Å². The summed E-state index contributed by atoms with van der Waals surface area (Å²) < 4.78 is 4.88. The first-order chi connectivity index (χ1) is 5.36. The molecule has 0 saturated carbocycles. The van der Waals surface area contributed by atoms with Gasteiger partial charge in [0.05, 0.1) is 19.1 Å². The van der Waals surface area contributed by atoms with E-state index >= 15 is 0 Å². The van der Waals surface area contributed by atoms with Crippen molar-refractivity contribution < 1.29 is 4.74 Å². The number of nitriles is 1. The third kappa shape index (κ3) is 2.30. The lowest BCUT2D eigenvalue weighted by atomic mass is 10.4. The second-order valence-corrected chi connectivity index (χ2v) is 3.19. The van der Waals surface area contributed by atoms with E-state index in [-0.39, 0.29) is 0 Å². The Kier molecular flexibility index (Phi) is 3.02. The van der Waals surface area contributed by atoms with Crippen LogP contribution >= 0.6 is 11.3 Å². The number of hydrogen-bond donors (Lipinski definition) is 0. The molecule has 3 nitrogen and oxygen atoms in total. The highest BCUT2D eigenvalue weighted by Gasteiger charge is 1.99. The first-order valence-corrected chi connectivity index (χ1v) is 3.98. The van der Waals surface area contributed by atoms with Crippen LogP contribution in [0, 0.1) is 11.3 Å². The van der Waals surface area contributed by atoms with Crippen molar-refractivity contribution in [3.8, 4) is 6.07 Å². The van der Waals surface area contributed by atoms with E-state index in [9.17, 15) is 0 Å². The SMILES string of the molecule is COCc1ncc(CC#N)s1. The van der Waals surface area contributed by atoms with E-state index in [2.05, 4.69) is 11.1 Å². The Balaban J connectivity index is 2.60. The molecule has 0 aliphatic rings. The maximum Gasteiger partial charge on any atom is 0.119 e. The van der Waals surface area contributed by atoms with Gasteiger partial charge in [-0.25, -0.2) is 4.98 Å². The summed E-state index contributed by atoms with van der Waals surface area (Å²) in [5.41, 5.74) is 0. The molecule has 0 radical (unpaired) electrons. The zero-order chi connectivity index (χ0) is 8.10. The third-order valence-electron chi connectivity index (χ3n) is 1.12. The third-order valence-corrected chi connectivity index (χ3v) is 2.09. The van der Waals surface area contributed by atoms with Crippen LogP contribution in [0.4, 0.5) is 0 Å². The van der Waals surface area contributed by atoms with Gasteiger partial charge < -0.3 is 4.74 Å². The van der Waals surface area contributed by atoms with Gasteiger partial charge in [-0.2, -0.15) is 5.26 Å². The Bertz CT molecular complexity index is 264. The Hall–Kier alpha value is -0.920. The van der Waals surface area contributed by atoms with Gasteiger partial charge in [0, 0.05) is 18.2 Å². The molecule has 0 N–H and O–H groups in total. The van der Waals surface area contributed by atoms with Crippen molar-refractivity contribution in [1.82, 2.24) is 4.98 Å². The lowest BCUT2D eigenvalue weighted by Gasteiger charge is -1.88. The number of nitrogens with zero attached hydrogens (tertiary/aromatic N) is 2. The molecular weight excluding hydrogens is 160 g/mol. The molecule has 0 atom stereocenters. The topological polar surface area (TPSA) is 45.9 Å². The van der Waals surface area contributed by atoms with Crippen LogP contribution in [0.15, 0.2) is 6.20 Å². The molecule has 0 fully saturated rings. The fourth-order valence-corrected chi connectivity index (χ4v) is 1.52. The fourth-order valence-electron chi connectivity index (χ4n) is 0.698. The zero-order valence-corrected chi connectivity index (χ0v) is 7.02. The number of ether oxygens (including phenoxy) is 1. The minimum Gasteiger partial charge on any atom is -0.378 e. The van der Waals surface area contributed by atoms with Crippen LogP contribution < -0.4 is 0 Å². The summed E-state index contributed by atoms with van der Waals surface area (Å²) in [7, 11) is 1.63. The van der Waals surface area contributed by atoms with Crippen molar-refractivity contribution in [1.29, 1.82) is 5.26 Å². The van der Waals surface area contributed by atoms with Crippen molar-refractivity contribution >= 4 is 11.3 Å². The molecule has 1 aromatic rings. The number of hydrogen-bond acceptors (Lipinski definition) is 4. The van der Waals surface area contributed by atoms with E-state index in [0.29, 0.717) is 13.0 Å². The predicted molar refractivity (Wildman–Crippen MR) is 42.1 cm³/mol. The molecule has 0 aliphatic carbocycles. The lowest BCUT2D eigenvalue weighted by Crippen LogP contribution is -1.82. The normalized spacial score (nSPS) is 9.45. The van der Waals surface area contributed by atoms with Crippen LogP contribution in [0.3, 0.4) is 0 Å². The van der Waals surface area contributed by atoms with E-state index in [0.717, 1.165) is 9.88 Å². The molecule has 1 heterocycles. The highest BCUT2D eigenvalue weighted by Crippen LogP contribution is 2.13. The maximum absolute atomic E-state index is 8.36. The Morgan fingerprint density at radius 1 is 1.82 bits per heavy atom. The van der Waals surface area contributed by atoms with Gasteiger partial charge in [0.25, 0.3) is 0 Å². The minimum atomic E-state index is 0.446. The molecule has 0 aliphatic heterocycles. The van der Waals surface area contributed by atoms with E-state index < -0.39 is 0 Å². The van der Waals surface area contributed by atoms with Crippen molar-refractivity contribution in [3.63, 3.8) is 0 Å². The summed E-state index contributed by atoms with van der Waals surface area (Å²) in [5, 5.41) is 9.28. The molecule has 58 valence electrons. The Morgan fingerprint density at radius 3 is 3.27 bits per heavy atom. The first-order valence-electron chi connectivity index (χ1n) is 3.16. The molecule has 1 aromatic heterocycles. The van der Waals surface area contributed by atoms with Gasteiger partial charge in [0.2, 0.25) is 0 Å². The van der Waals surface area contributed by atoms with Crippen molar-refractivity contribution in [2.75, 3.05) is 7.11 Å². The van der Waals surface area contributed by atoms with Crippen molar-refractivity contribution in [2.45, 2.75) is 13.0 Å². The highest BCUT2D eigenvalue weighted by molar-refractivity contribution is 7.11. The maximum atomic E-state index is 8.36. The molecule has 11 heavy (non-hydrogen) atoms. The predicted octanol–water partition coefficient (Wildman–Crippen LogP) is 1.36. The van der Waals surface area contributed by atoms with Gasteiger partial charge in [0.15, 0.2) is 0 Å². The molecule has 0 aromatic carbocycles. The van der Waals surface area contributed by atoms with E-state index in [1.165, 1.54) is 11.3 Å². The second kappa shape index (κ2) is 4.06. The van der Waals surface area contributed by atoms with Crippen LogP contribution in [0.1, 0.15) is 9.88 Å². The monoisotopic (exact) mass is 168 g/mol. The molecule has 0 saturated heterocycles. The number of methoxy groups -OCH3 is 1. The van der Waals surface area contributed by atoms with E-state index in [4.69, 9.17) is 10.00 Å². The average Bonchev–Trinajstić information content (AvgIpc) is 2.38. The second-order valence-electron chi connectivity index (χ2n) is 1.99. The average molecular weight is 168 g/mol. The van der Waals surface area contributed by atoms with E-state index in [1.54, 1.807) is 13.3 Å². The first kappa shape index (κ1) is 8.18. The van der Waals surface area contributed by atoms with E-state index in [1.807, 2.05) is 0 Å². The summed E-state index contributed by atoms with van der Waals surface area (Å²) in [6, 6.07) is 2.07. The number of aromatic nitrogens is 1. The van der Waals surface area contributed by atoms with Gasteiger partial charge >= 0.3 is 0 Å². The van der Waals surface area contributed by atoms with Gasteiger partial charge in [-0.05, 0) is 0 Å². The largest absolute Gasteiger partial charge is 0.378 e. The fraction of sp³-hybridized carbons (Fsp3) is 0.429. The molecule has 0 bridgehead atoms. The van der Waals surface area contributed by atoms with Crippen LogP contribution in [0.5, 0.6) is 0 Å². The minimum absolute atomic E-state index is 0.446. The summed E-state index contributed by atoms with van der Waals surface area (Å²) in [5.74, 6) is 0. The molecular formula is C7H8N2OS. The quantitative estimate of drug-likeness (QED) is 0.684. The van der Waals surface area contributed by atoms with Gasteiger partial charge in [-0.15, -0.1) is 11.3 Å². The molecule has 0 unspecified atom stereocenters. The van der Waals surface area contributed by atoms with Gasteiger partial charge in [-0.1, -0.05) is 0 Å².